The minimum Gasteiger partial charge on any atom is -0.508 e. The van der Waals surface area contributed by atoms with Gasteiger partial charge in [-0.2, -0.15) is 0 Å². The van der Waals surface area contributed by atoms with E-state index >= 15 is 0 Å². The number of phenols is 1. The van der Waals surface area contributed by atoms with Crippen LogP contribution in [0.2, 0.25) is 0 Å². The summed E-state index contributed by atoms with van der Waals surface area (Å²) in [6.07, 6.45) is -1.54. The molecule has 3 unspecified atom stereocenters. The van der Waals surface area contributed by atoms with Crippen LogP contribution in [-0.2, 0) is 20.9 Å². The molecule has 2 aliphatic rings. The number of carbonyl (C=O) groups excluding carboxylic acids is 2. The van der Waals surface area contributed by atoms with E-state index in [0.717, 1.165) is 11.8 Å². The average molecular weight is 538 g/mol. The fraction of sp³-hybridized carbons (Fsp3) is 0.429. The molecule has 0 aliphatic carbocycles. The summed E-state index contributed by atoms with van der Waals surface area (Å²) in [6, 6.07) is 4.51. The van der Waals surface area contributed by atoms with Gasteiger partial charge in [0.1, 0.15) is 22.6 Å². The lowest BCUT2D eigenvalue weighted by Crippen LogP contribution is -2.74. The summed E-state index contributed by atoms with van der Waals surface area (Å²) in [5.74, 6) is -3.04. The zero-order valence-corrected chi connectivity index (χ0v) is 20.5. The number of carbonyl (C=O) groups is 3. The summed E-state index contributed by atoms with van der Waals surface area (Å²) in [5.41, 5.74) is -1.84. The fourth-order valence-corrected chi connectivity index (χ4v) is 6.79. The van der Waals surface area contributed by atoms with E-state index in [1.54, 1.807) is 6.92 Å². The third-order valence-electron chi connectivity index (χ3n) is 6.04. The minimum atomic E-state index is -1.54. The van der Waals surface area contributed by atoms with Crippen LogP contribution in [0.25, 0.3) is 0 Å². The number of aliphatic hydroxyl groups is 1. The number of β-lactam (4-membered cyclic amide) rings is 1. The number of carboxylic acids is 1. The van der Waals surface area contributed by atoms with Gasteiger partial charge < -0.3 is 30.6 Å². The molecule has 2 fully saturated rings. The number of phenolic OH excluding ortho intramolecular Hbond substituents is 1. The molecule has 1 aromatic heterocycles. The van der Waals surface area contributed by atoms with Crippen molar-refractivity contribution in [2.45, 2.75) is 36.1 Å². The maximum absolute atomic E-state index is 12.8. The second kappa shape index (κ2) is 9.99. The number of carboxylic acid groups (broad SMARTS) is 1. The first-order valence-corrected chi connectivity index (χ1v) is 12.8. The standard InChI is InChI=1S/C21H23N5O8S2/c1-2-25-17(32)15(30)23-24-20(25)36-9-21(19(33)34)7-26-16(31)12(18(26)35-8-21)22-14(29)13(28)10-3-5-11(27)6-4-10/h3-6,12-13,18,27-28H,2,7-9H2,1H3,(H,22,29)(H,23,30)(H,33,34)/t12?,13?,18-,21?/m1/s1. The highest BCUT2D eigenvalue weighted by atomic mass is 32.2. The first-order valence-electron chi connectivity index (χ1n) is 10.8. The number of hydrogen-bond acceptors (Lipinski definition) is 11. The van der Waals surface area contributed by atoms with E-state index in [4.69, 9.17) is 0 Å². The lowest BCUT2D eigenvalue weighted by molar-refractivity contribution is -0.158. The van der Waals surface area contributed by atoms with Crippen LogP contribution in [0.5, 0.6) is 11.6 Å². The number of aromatic hydroxyl groups is 2. The van der Waals surface area contributed by atoms with Gasteiger partial charge in [-0.3, -0.25) is 23.7 Å². The van der Waals surface area contributed by atoms with E-state index in [0.29, 0.717) is 0 Å². The number of hydrogen-bond donors (Lipinski definition) is 5. The van der Waals surface area contributed by atoms with Crippen LogP contribution >= 0.6 is 23.5 Å². The Labute approximate surface area is 212 Å². The van der Waals surface area contributed by atoms with Crippen LogP contribution in [0.3, 0.4) is 0 Å². The molecule has 1 aromatic carbocycles. The maximum atomic E-state index is 12.8. The molecule has 2 saturated heterocycles. The highest BCUT2D eigenvalue weighted by Crippen LogP contribution is 2.44. The summed E-state index contributed by atoms with van der Waals surface area (Å²) < 4.78 is 1.18. The van der Waals surface area contributed by atoms with E-state index in [1.165, 1.54) is 45.5 Å². The third-order valence-corrected chi connectivity index (χ3v) is 8.89. The van der Waals surface area contributed by atoms with E-state index < -0.39 is 52.2 Å². The molecular formula is C21H23N5O8S2. The topological polar surface area (TPSA) is 195 Å². The monoisotopic (exact) mass is 537 g/mol. The van der Waals surface area contributed by atoms with Crippen molar-refractivity contribution in [2.24, 2.45) is 5.41 Å². The predicted octanol–water partition coefficient (Wildman–Crippen LogP) is -0.634. The van der Waals surface area contributed by atoms with Gasteiger partial charge in [-0.25, -0.2) is 0 Å². The number of fused-ring (bicyclic) bond motifs is 1. The molecule has 0 spiro atoms. The van der Waals surface area contributed by atoms with Crippen LogP contribution in [0.15, 0.2) is 34.2 Å². The van der Waals surface area contributed by atoms with Gasteiger partial charge in [-0.1, -0.05) is 23.9 Å². The molecule has 4 atom stereocenters. The number of thioether (sulfide) groups is 2. The fourth-order valence-electron chi connectivity index (χ4n) is 3.93. The van der Waals surface area contributed by atoms with E-state index in [-0.39, 0.29) is 41.1 Å². The SMILES string of the molecule is CCn1c(SCC2(C(=O)O)CS[C@@H]3C(NC(=O)C(O)c4ccc(O)cc4)C(=O)N3C2)nnc(O)c1=O. The molecule has 36 heavy (non-hydrogen) atoms. The van der Waals surface area contributed by atoms with Gasteiger partial charge in [0, 0.05) is 24.6 Å². The second-order valence-corrected chi connectivity index (χ2v) is 10.4. The maximum Gasteiger partial charge on any atom is 0.316 e. The van der Waals surface area contributed by atoms with Crippen molar-refractivity contribution in [3.63, 3.8) is 0 Å². The van der Waals surface area contributed by atoms with E-state index in [1.807, 2.05) is 0 Å². The van der Waals surface area contributed by atoms with Crippen LogP contribution < -0.4 is 10.9 Å². The number of nitrogens with one attached hydrogen (secondary N) is 1. The Balaban J connectivity index is 1.42. The van der Waals surface area contributed by atoms with Crippen LogP contribution in [0, 0.1) is 5.41 Å². The van der Waals surface area contributed by atoms with Gasteiger partial charge in [0.05, 0.1) is 0 Å². The average Bonchev–Trinajstić information content (AvgIpc) is 2.87. The Bertz CT molecular complexity index is 1260. The summed E-state index contributed by atoms with van der Waals surface area (Å²) in [4.78, 5) is 51.0. The highest BCUT2D eigenvalue weighted by molar-refractivity contribution is 8.00. The molecule has 2 aromatic rings. The minimum absolute atomic E-state index is 0.0126. The summed E-state index contributed by atoms with van der Waals surface area (Å²) in [5, 5.41) is 48.5. The number of benzene rings is 1. The smallest absolute Gasteiger partial charge is 0.316 e. The zero-order chi connectivity index (χ0) is 26.2. The molecule has 2 aliphatic heterocycles. The molecule has 0 saturated carbocycles. The molecule has 0 bridgehead atoms. The molecule has 3 heterocycles. The Morgan fingerprint density at radius 1 is 1.25 bits per heavy atom. The van der Waals surface area contributed by atoms with Gasteiger partial charge in [-0.15, -0.1) is 22.0 Å². The lowest BCUT2D eigenvalue weighted by atomic mass is 9.89. The van der Waals surface area contributed by atoms with Gasteiger partial charge in [0.25, 0.3) is 11.8 Å². The number of nitrogens with zero attached hydrogens (tertiary/aromatic N) is 4. The first-order chi connectivity index (χ1) is 17.1. The first kappa shape index (κ1) is 25.8. The van der Waals surface area contributed by atoms with Crippen LogP contribution in [-0.4, -0.2) is 87.3 Å². The van der Waals surface area contributed by atoms with Gasteiger partial charge in [0.15, 0.2) is 11.3 Å². The van der Waals surface area contributed by atoms with Crippen molar-refractivity contribution in [2.75, 3.05) is 18.1 Å². The Kier molecular flexibility index (Phi) is 7.15. The molecular weight excluding hydrogens is 514 g/mol. The van der Waals surface area contributed by atoms with Crippen molar-refractivity contribution < 1.29 is 34.8 Å². The van der Waals surface area contributed by atoms with Crippen molar-refractivity contribution in [1.82, 2.24) is 25.0 Å². The van der Waals surface area contributed by atoms with E-state index in [9.17, 15) is 39.6 Å². The predicted molar refractivity (Wildman–Crippen MR) is 127 cm³/mol. The molecule has 5 N–H and O–H groups in total. The van der Waals surface area contributed by atoms with Crippen molar-refractivity contribution >= 4 is 41.3 Å². The van der Waals surface area contributed by atoms with Crippen molar-refractivity contribution in [3.8, 4) is 11.6 Å². The van der Waals surface area contributed by atoms with Crippen molar-refractivity contribution in [1.29, 1.82) is 0 Å². The van der Waals surface area contributed by atoms with Gasteiger partial charge in [0.2, 0.25) is 5.91 Å². The summed E-state index contributed by atoms with van der Waals surface area (Å²) in [6.45, 7) is 1.76. The third kappa shape index (κ3) is 4.60. The molecule has 13 nitrogen and oxygen atoms in total. The highest BCUT2D eigenvalue weighted by Gasteiger charge is 2.57. The lowest BCUT2D eigenvalue weighted by Gasteiger charge is -2.53. The van der Waals surface area contributed by atoms with E-state index in [2.05, 4.69) is 15.5 Å². The summed E-state index contributed by atoms with van der Waals surface area (Å²) >= 11 is 2.20. The molecule has 0 radical (unpaired) electrons. The number of aliphatic hydroxyl groups excluding tert-OH is 1. The number of rotatable bonds is 8. The molecule has 192 valence electrons. The zero-order valence-electron chi connectivity index (χ0n) is 18.9. The Morgan fingerprint density at radius 3 is 2.58 bits per heavy atom. The number of aliphatic carboxylic acids is 1. The molecule has 2 amide bonds. The quantitative estimate of drug-likeness (QED) is 0.211. The van der Waals surface area contributed by atoms with Crippen LogP contribution in [0.1, 0.15) is 18.6 Å². The largest absolute Gasteiger partial charge is 0.508 e. The van der Waals surface area contributed by atoms with Gasteiger partial charge >= 0.3 is 11.5 Å². The second-order valence-electron chi connectivity index (χ2n) is 8.38. The number of aromatic nitrogens is 3. The summed E-state index contributed by atoms with van der Waals surface area (Å²) in [7, 11) is 0. The molecule has 15 heteroatoms. The Hall–Kier alpha value is -3.30. The van der Waals surface area contributed by atoms with Gasteiger partial charge in [-0.05, 0) is 24.6 Å². The normalized spacial score (nSPS) is 23.9. The van der Waals surface area contributed by atoms with Crippen molar-refractivity contribution in [3.05, 3.63) is 40.2 Å². The molecule has 4 rings (SSSR count). The number of amides is 2. The Morgan fingerprint density at radius 2 is 1.94 bits per heavy atom. The van der Waals surface area contributed by atoms with Crippen LogP contribution in [0.4, 0.5) is 0 Å².